The fourth-order valence-electron chi connectivity index (χ4n) is 6.44. The Labute approximate surface area is 254 Å². The van der Waals surface area contributed by atoms with E-state index in [0.29, 0.717) is 30.6 Å². The molecule has 1 amide bonds. The number of hydrogen-bond donors (Lipinski definition) is 0. The molecular weight excluding hydrogens is 591 g/mol. The van der Waals surface area contributed by atoms with Gasteiger partial charge in [0.25, 0.3) is 0 Å². The molecule has 2 aliphatic rings. The summed E-state index contributed by atoms with van der Waals surface area (Å²) < 4.78 is 94.7. The van der Waals surface area contributed by atoms with Gasteiger partial charge in [0.1, 0.15) is 5.82 Å². The Morgan fingerprint density at radius 1 is 1.07 bits per heavy atom. The van der Waals surface area contributed by atoms with Crippen LogP contribution < -0.4 is 0 Å². The first kappa shape index (κ1) is 35.8. The van der Waals surface area contributed by atoms with Crippen LogP contribution in [0.2, 0.25) is 0 Å². The van der Waals surface area contributed by atoms with Crippen molar-refractivity contribution >= 4 is 6.41 Å². The molecule has 0 bridgehead atoms. The van der Waals surface area contributed by atoms with Crippen molar-refractivity contribution in [1.82, 2.24) is 14.7 Å². The Balaban J connectivity index is 0.000000245. The smallest absolute Gasteiger partial charge is 0.383 e. The van der Waals surface area contributed by atoms with Gasteiger partial charge in [0.15, 0.2) is 0 Å². The number of piperidine rings is 1. The molecule has 246 valence electrons. The van der Waals surface area contributed by atoms with Crippen molar-refractivity contribution in [1.29, 1.82) is 0 Å². The van der Waals surface area contributed by atoms with E-state index < -0.39 is 29.5 Å². The molecule has 0 saturated carbocycles. The molecular formula is C32H42F7N3O2. The molecule has 12 heteroatoms. The first-order chi connectivity index (χ1) is 20.4. The minimum Gasteiger partial charge on any atom is -0.383 e. The molecule has 4 atom stereocenters. The van der Waals surface area contributed by atoms with Crippen molar-refractivity contribution in [2.24, 2.45) is 0 Å². The zero-order valence-corrected chi connectivity index (χ0v) is 26.0. The van der Waals surface area contributed by atoms with Gasteiger partial charge in [-0.05, 0) is 101 Å². The predicted molar refractivity (Wildman–Crippen MR) is 154 cm³/mol. The van der Waals surface area contributed by atoms with Crippen LogP contribution in [0.5, 0.6) is 0 Å². The second-order valence-corrected chi connectivity index (χ2v) is 12.0. The SMILES string of the molecule is CC(c1cc(C(F)(F)F)cc(C(F)(F)F)c1)N(C)C=O.COCCN1C(C)CCC12CCN(C)C(c1ccc(F)cc1C)C2. The average molecular weight is 634 g/mol. The molecule has 5 nitrogen and oxygen atoms in total. The maximum Gasteiger partial charge on any atom is 0.416 e. The van der Waals surface area contributed by atoms with E-state index in [2.05, 4.69) is 23.8 Å². The molecule has 0 N–H and O–H groups in total. The van der Waals surface area contributed by atoms with E-state index in [1.807, 2.05) is 13.0 Å². The summed E-state index contributed by atoms with van der Waals surface area (Å²) in [7, 11) is 5.26. The van der Waals surface area contributed by atoms with E-state index in [-0.39, 0.29) is 23.0 Å². The average Bonchev–Trinajstić information content (AvgIpc) is 3.25. The van der Waals surface area contributed by atoms with Crippen LogP contribution >= 0.6 is 0 Å². The minimum absolute atomic E-state index is 0.0527. The van der Waals surface area contributed by atoms with E-state index >= 15 is 0 Å². The molecule has 2 aromatic carbocycles. The molecule has 2 aromatic rings. The Kier molecular flexibility index (Phi) is 11.5. The van der Waals surface area contributed by atoms with Crippen LogP contribution in [0.4, 0.5) is 30.7 Å². The van der Waals surface area contributed by atoms with E-state index in [1.165, 1.54) is 38.8 Å². The van der Waals surface area contributed by atoms with E-state index in [4.69, 9.17) is 4.74 Å². The summed E-state index contributed by atoms with van der Waals surface area (Å²) in [5.74, 6) is -0.138. The highest BCUT2D eigenvalue weighted by Gasteiger charge is 2.48. The van der Waals surface area contributed by atoms with Crippen molar-refractivity contribution in [3.8, 4) is 0 Å². The standard InChI is InChI=1S/C20H31FN2O.C12H11F6NO/c1-15-13-17(21)5-6-18(15)19-14-20(9-10-22(19)3)8-7-16(2)23(20)11-12-24-4;1-7(19(2)6-20)8-3-9(11(13,14)15)5-10(4-8)12(16,17)18/h5-6,13,16,19H,7-12,14H2,1-4H3;3-7H,1-2H3. The number of nitrogens with zero attached hydrogens (tertiary/aromatic N) is 3. The second kappa shape index (κ2) is 14.2. The van der Waals surface area contributed by atoms with Gasteiger partial charge < -0.3 is 9.64 Å². The number of carbonyl (C=O) groups is 1. The normalized spacial score (nSPS) is 23.8. The summed E-state index contributed by atoms with van der Waals surface area (Å²) in [6.45, 7) is 8.62. The number of rotatable bonds is 7. The highest BCUT2D eigenvalue weighted by Crippen LogP contribution is 2.47. The lowest BCUT2D eigenvalue weighted by atomic mass is 9.78. The number of methoxy groups -OCH3 is 1. The Bertz CT molecular complexity index is 1240. The first-order valence-corrected chi connectivity index (χ1v) is 14.6. The van der Waals surface area contributed by atoms with Gasteiger partial charge in [-0.3, -0.25) is 14.6 Å². The molecule has 4 rings (SSSR count). The number of halogens is 7. The number of benzene rings is 2. The summed E-state index contributed by atoms with van der Waals surface area (Å²) in [5.41, 5.74) is -0.401. The Hall–Kier alpha value is -2.70. The topological polar surface area (TPSA) is 36.0 Å². The molecule has 0 aromatic heterocycles. The van der Waals surface area contributed by atoms with Crippen LogP contribution in [0.15, 0.2) is 36.4 Å². The molecule has 44 heavy (non-hydrogen) atoms. The summed E-state index contributed by atoms with van der Waals surface area (Å²) in [4.78, 5) is 16.7. The van der Waals surface area contributed by atoms with E-state index in [0.717, 1.165) is 36.6 Å². The predicted octanol–water partition coefficient (Wildman–Crippen LogP) is 7.64. The molecule has 1 spiro atoms. The maximum absolute atomic E-state index is 13.5. The number of ether oxygens (including phenoxy) is 1. The number of carbonyl (C=O) groups excluding carboxylic acids is 1. The molecule has 2 heterocycles. The van der Waals surface area contributed by atoms with Gasteiger partial charge in [-0.1, -0.05) is 6.07 Å². The van der Waals surface area contributed by atoms with Gasteiger partial charge in [0, 0.05) is 44.9 Å². The lowest BCUT2D eigenvalue weighted by molar-refractivity contribution is -0.143. The molecule has 2 aliphatic heterocycles. The quantitative estimate of drug-likeness (QED) is 0.232. The van der Waals surface area contributed by atoms with Crippen LogP contribution in [0, 0.1) is 12.7 Å². The number of likely N-dealkylation sites (tertiary alicyclic amines) is 2. The van der Waals surface area contributed by atoms with Crippen molar-refractivity contribution in [3.05, 3.63) is 70.0 Å². The van der Waals surface area contributed by atoms with Crippen molar-refractivity contribution in [2.75, 3.05) is 40.9 Å². The van der Waals surface area contributed by atoms with Crippen molar-refractivity contribution < 1.29 is 40.3 Å². The van der Waals surface area contributed by atoms with Crippen LogP contribution in [-0.2, 0) is 21.9 Å². The van der Waals surface area contributed by atoms with Crippen molar-refractivity contribution in [2.45, 2.75) is 82.5 Å². The van der Waals surface area contributed by atoms with Gasteiger partial charge in [-0.2, -0.15) is 26.3 Å². The zero-order chi connectivity index (χ0) is 33.0. The fraction of sp³-hybridized carbons (Fsp3) is 0.594. The highest BCUT2D eigenvalue weighted by atomic mass is 19.4. The minimum atomic E-state index is -4.89. The Morgan fingerprint density at radius 3 is 2.20 bits per heavy atom. The van der Waals surface area contributed by atoms with Crippen LogP contribution in [0.3, 0.4) is 0 Å². The maximum atomic E-state index is 13.5. The number of amides is 1. The molecule has 0 radical (unpaired) electrons. The zero-order valence-electron chi connectivity index (χ0n) is 26.0. The number of aryl methyl sites for hydroxylation is 1. The number of alkyl halides is 6. The van der Waals surface area contributed by atoms with Gasteiger partial charge >= 0.3 is 12.4 Å². The monoisotopic (exact) mass is 633 g/mol. The third-order valence-corrected chi connectivity index (χ3v) is 9.20. The summed E-state index contributed by atoms with van der Waals surface area (Å²) in [6.07, 6.45) is -4.58. The number of hydrogen-bond acceptors (Lipinski definition) is 4. The fourth-order valence-corrected chi connectivity index (χ4v) is 6.44. The lowest BCUT2D eigenvalue weighted by Crippen LogP contribution is -2.54. The summed E-state index contributed by atoms with van der Waals surface area (Å²) in [5, 5.41) is 0. The van der Waals surface area contributed by atoms with Crippen molar-refractivity contribution in [3.63, 3.8) is 0 Å². The lowest BCUT2D eigenvalue weighted by Gasteiger charge is -2.49. The first-order valence-electron chi connectivity index (χ1n) is 14.6. The van der Waals surface area contributed by atoms with Crippen LogP contribution in [0.1, 0.15) is 79.4 Å². The largest absolute Gasteiger partial charge is 0.416 e. The van der Waals surface area contributed by atoms with Gasteiger partial charge in [0.05, 0.1) is 23.8 Å². The molecule has 4 unspecified atom stereocenters. The molecule has 2 saturated heterocycles. The van der Waals surface area contributed by atoms with Crippen LogP contribution in [0.25, 0.3) is 0 Å². The third kappa shape index (κ3) is 8.31. The highest BCUT2D eigenvalue weighted by molar-refractivity contribution is 5.48. The van der Waals surface area contributed by atoms with Gasteiger partial charge in [-0.15, -0.1) is 0 Å². The van der Waals surface area contributed by atoms with Crippen LogP contribution in [-0.4, -0.2) is 73.6 Å². The summed E-state index contributed by atoms with van der Waals surface area (Å²) in [6, 6.07) is 6.63. The summed E-state index contributed by atoms with van der Waals surface area (Å²) >= 11 is 0. The van der Waals surface area contributed by atoms with E-state index in [9.17, 15) is 35.5 Å². The molecule has 2 fully saturated rings. The second-order valence-electron chi connectivity index (χ2n) is 12.0. The third-order valence-electron chi connectivity index (χ3n) is 9.20. The van der Waals surface area contributed by atoms with Gasteiger partial charge in [-0.25, -0.2) is 4.39 Å². The van der Waals surface area contributed by atoms with Gasteiger partial charge in [0.2, 0.25) is 6.41 Å². The Morgan fingerprint density at radius 2 is 1.68 bits per heavy atom. The molecule has 0 aliphatic carbocycles. The van der Waals surface area contributed by atoms with E-state index in [1.54, 1.807) is 19.2 Å².